The molecule has 0 bridgehead atoms. The van der Waals surface area contributed by atoms with Gasteiger partial charge >= 0.3 is 0 Å². The molecule has 0 aliphatic rings. The average molecular weight is 545 g/mol. The predicted octanol–water partition coefficient (Wildman–Crippen LogP) is 5.45. The van der Waals surface area contributed by atoms with Crippen molar-refractivity contribution in [3.63, 3.8) is 0 Å². The quantitative estimate of drug-likeness (QED) is 0.349. The molecule has 0 unspecified atom stereocenters. The molecule has 160 valence electrons. The number of carbonyl (C=O) groups is 1. The van der Waals surface area contributed by atoms with Gasteiger partial charge in [0.1, 0.15) is 5.76 Å². The van der Waals surface area contributed by atoms with Crippen molar-refractivity contribution >= 4 is 62.5 Å². The molecule has 12 heteroatoms. The van der Waals surface area contributed by atoms with Gasteiger partial charge in [0.2, 0.25) is 0 Å². The number of aryl methyl sites for hydroxylation is 1. The van der Waals surface area contributed by atoms with Crippen LogP contribution in [0.5, 0.6) is 0 Å². The van der Waals surface area contributed by atoms with E-state index in [4.69, 9.17) is 39.3 Å². The van der Waals surface area contributed by atoms with E-state index in [1.54, 1.807) is 40.8 Å². The summed E-state index contributed by atoms with van der Waals surface area (Å²) in [6, 6.07) is 5.25. The van der Waals surface area contributed by atoms with E-state index in [-0.39, 0.29) is 12.2 Å². The maximum atomic E-state index is 12.9. The SMILES string of the molecule is Cc1onc(C(=O)Nc2nn(Cc3ccc(Cl)cc3Cl)cc2Br)c1Cn1cc(Cl)cn1. The number of amides is 1. The predicted molar refractivity (Wildman–Crippen MR) is 121 cm³/mol. The number of anilines is 1. The number of hydrogen-bond donors (Lipinski definition) is 1. The fourth-order valence-corrected chi connectivity index (χ4v) is 3.94. The van der Waals surface area contributed by atoms with Gasteiger partial charge in [-0.2, -0.15) is 10.2 Å². The number of halogens is 4. The zero-order valence-electron chi connectivity index (χ0n) is 15.9. The molecule has 3 heterocycles. The van der Waals surface area contributed by atoms with Crippen molar-refractivity contribution in [2.75, 3.05) is 5.32 Å². The van der Waals surface area contributed by atoms with Crippen molar-refractivity contribution in [2.24, 2.45) is 0 Å². The molecule has 4 rings (SSSR count). The topological polar surface area (TPSA) is 90.8 Å². The first-order valence-electron chi connectivity index (χ1n) is 8.91. The number of nitrogens with one attached hydrogen (secondary N) is 1. The number of carbonyl (C=O) groups excluding carboxylic acids is 1. The largest absolute Gasteiger partial charge is 0.361 e. The zero-order valence-corrected chi connectivity index (χ0v) is 19.8. The summed E-state index contributed by atoms with van der Waals surface area (Å²) in [5.74, 6) is 0.392. The number of hydrogen-bond acceptors (Lipinski definition) is 5. The number of nitrogens with zero attached hydrogens (tertiary/aromatic N) is 5. The highest BCUT2D eigenvalue weighted by Gasteiger charge is 2.22. The highest BCUT2D eigenvalue weighted by atomic mass is 79.9. The van der Waals surface area contributed by atoms with Crippen molar-refractivity contribution in [1.29, 1.82) is 0 Å². The monoisotopic (exact) mass is 542 g/mol. The second kappa shape index (κ2) is 9.04. The Balaban J connectivity index is 1.52. The number of rotatable bonds is 6. The molecule has 0 fully saturated rings. The molecule has 3 aromatic heterocycles. The Hall–Kier alpha value is -2.33. The van der Waals surface area contributed by atoms with Gasteiger partial charge in [0.25, 0.3) is 5.91 Å². The maximum absolute atomic E-state index is 12.9. The van der Waals surface area contributed by atoms with Gasteiger partial charge in [-0.1, -0.05) is 46.0 Å². The molecule has 31 heavy (non-hydrogen) atoms. The standard InChI is InChI=1S/C19H14BrCl3N6O2/c1-10-14(8-28-7-13(22)5-24-28)17(27-31-10)19(30)25-18-15(20)9-29(26-18)6-11-2-3-12(21)4-16(11)23/h2-5,7,9H,6,8H2,1H3,(H,25,26,30). The third kappa shape index (κ3) is 4.95. The van der Waals surface area contributed by atoms with Crippen molar-refractivity contribution < 1.29 is 9.32 Å². The van der Waals surface area contributed by atoms with Gasteiger partial charge in [-0.15, -0.1) is 0 Å². The molecule has 0 saturated heterocycles. The minimum absolute atomic E-state index is 0.145. The van der Waals surface area contributed by atoms with Crippen molar-refractivity contribution in [3.8, 4) is 0 Å². The Kier molecular flexibility index (Phi) is 6.38. The molecule has 0 aliphatic carbocycles. The van der Waals surface area contributed by atoms with Crippen LogP contribution >= 0.6 is 50.7 Å². The van der Waals surface area contributed by atoms with E-state index in [0.29, 0.717) is 43.2 Å². The Morgan fingerprint density at radius 2 is 1.97 bits per heavy atom. The van der Waals surface area contributed by atoms with Crippen LogP contribution in [0.3, 0.4) is 0 Å². The number of aromatic nitrogens is 5. The second-order valence-corrected chi connectivity index (χ2v) is 8.77. The van der Waals surface area contributed by atoms with Crippen LogP contribution in [0.25, 0.3) is 0 Å². The van der Waals surface area contributed by atoms with Crippen LogP contribution in [0, 0.1) is 6.92 Å². The molecule has 0 aliphatic heterocycles. The van der Waals surface area contributed by atoms with Crippen LogP contribution in [0.1, 0.15) is 27.4 Å². The van der Waals surface area contributed by atoms with E-state index in [9.17, 15) is 4.79 Å². The third-order valence-electron chi connectivity index (χ3n) is 4.42. The van der Waals surface area contributed by atoms with Gasteiger partial charge in [-0.3, -0.25) is 14.2 Å². The number of benzene rings is 1. The fourth-order valence-electron chi connectivity index (χ4n) is 2.90. The molecular weight excluding hydrogens is 531 g/mol. The molecule has 0 spiro atoms. The minimum atomic E-state index is -0.458. The molecule has 8 nitrogen and oxygen atoms in total. The lowest BCUT2D eigenvalue weighted by atomic mass is 10.2. The summed E-state index contributed by atoms with van der Waals surface area (Å²) in [5, 5.41) is 16.8. The summed E-state index contributed by atoms with van der Waals surface area (Å²) >= 11 is 21.5. The summed E-state index contributed by atoms with van der Waals surface area (Å²) in [5.41, 5.74) is 1.58. The smallest absolute Gasteiger partial charge is 0.279 e. The lowest BCUT2D eigenvalue weighted by molar-refractivity contribution is 0.101. The van der Waals surface area contributed by atoms with Gasteiger partial charge in [0.05, 0.1) is 28.8 Å². The van der Waals surface area contributed by atoms with Crippen LogP contribution in [0.4, 0.5) is 5.82 Å². The van der Waals surface area contributed by atoms with Gasteiger partial charge in [0, 0.05) is 28.0 Å². The maximum Gasteiger partial charge on any atom is 0.279 e. The molecule has 0 saturated carbocycles. The summed E-state index contributed by atoms with van der Waals surface area (Å²) < 4.78 is 9.07. The molecule has 1 amide bonds. The summed E-state index contributed by atoms with van der Waals surface area (Å²) in [6.45, 7) is 2.42. The van der Waals surface area contributed by atoms with Gasteiger partial charge < -0.3 is 9.84 Å². The summed E-state index contributed by atoms with van der Waals surface area (Å²) in [6.07, 6.45) is 4.90. The lowest BCUT2D eigenvalue weighted by Crippen LogP contribution is -2.17. The average Bonchev–Trinajstić information content (AvgIpc) is 3.38. The second-order valence-electron chi connectivity index (χ2n) is 6.64. The van der Waals surface area contributed by atoms with E-state index in [1.807, 2.05) is 6.07 Å². The third-order valence-corrected chi connectivity index (χ3v) is 5.78. The van der Waals surface area contributed by atoms with Gasteiger partial charge in [0.15, 0.2) is 11.5 Å². The summed E-state index contributed by atoms with van der Waals surface area (Å²) in [7, 11) is 0. The first-order valence-corrected chi connectivity index (χ1v) is 10.8. The molecule has 1 aromatic carbocycles. The Morgan fingerprint density at radius 1 is 1.16 bits per heavy atom. The lowest BCUT2D eigenvalue weighted by Gasteiger charge is -2.05. The van der Waals surface area contributed by atoms with Crippen LogP contribution < -0.4 is 5.32 Å². The Morgan fingerprint density at radius 3 is 2.68 bits per heavy atom. The first-order chi connectivity index (χ1) is 14.8. The van der Waals surface area contributed by atoms with E-state index < -0.39 is 5.91 Å². The van der Waals surface area contributed by atoms with E-state index in [2.05, 4.69) is 36.6 Å². The van der Waals surface area contributed by atoms with E-state index in [0.717, 1.165) is 5.56 Å². The molecule has 0 radical (unpaired) electrons. The molecule has 0 atom stereocenters. The Labute approximate surface area is 200 Å². The van der Waals surface area contributed by atoms with Crippen LogP contribution in [-0.2, 0) is 13.1 Å². The van der Waals surface area contributed by atoms with Crippen LogP contribution in [0.2, 0.25) is 15.1 Å². The van der Waals surface area contributed by atoms with E-state index >= 15 is 0 Å². The van der Waals surface area contributed by atoms with Crippen molar-refractivity contribution in [1.82, 2.24) is 24.7 Å². The van der Waals surface area contributed by atoms with Gasteiger partial charge in [-0.05, 0) is 40.5 Å². The van der Waals surface area contributed by atoms with Crippen molar-refractivity contribution in [2.45, 2.75) is 20.0 Å². The first kappa shape index (κ1) is 21.9. The highest BCUT2D eigenvalue weighted by molar-refractivity contribution is 9.10. The fraction of sp³-hybridized carbons (Fsp3) is 0.158. The minimum Gasteiger partial charge on any atom is -0.361 e. The van der Waals surface area contributed by atoms with Crippen LogP contribution in [0.15, 0.2) is 45.8 Å². The van der Waals surface area contributed by atoms with Crippen molar-refractivity contribution in [3.05, 3.63) is 78.9 Å². The van der Waals surface area contributed by atoms with Crippen LogP contribution in [-0.4, -0.2) is 30.6 Å². The zero-order chi connectivity index (χ0) is 22.1. The molecular formula is C19H14BrCl3N6O2. The summed E-state index contributed by atoms with van der Waals surface area (Å²) in [4.78, 5) is 12.9. The Bertz CT molecular complexity index is 1270. The van der Waals surface area contributed by atoms with E-state index in [1.165, 1.54) is 6.20 Å². The molecule has 1 N–H and O–H groups in total. The van der Waals surface area contributed by atoms with Gasteiger partial charge in [-0.25, -0.2) is 0 Å². The highest BCUT2D eigenvalue weighted by Crippen LogP contribution is 2.25. The molecule has 4 aromatic rings. The normalized spacial score (nSPS) is 11.1.